The molecule has 2 unspecified atom stereocenters. The number of unbranched alkanes of at least 4 members (excludes halogenated alkanes) is 5. The molecule has 16 heavy (non-hydrogen) atoms. The van der Waals surface area contributed by atoms with Gasteiger partial charge in [0.2, 0.25) is 0 Å². The Balaban J connectivity index is 3.63. The quantitative estimate of drug-likeness (QED) is 0.485. The van der Waals surface area contributed by atoms with Crippen LogP contribution in [0.2, 0.25) is 0 Å². The van der Waals surface area contributed by atoms with Crippen molar-refractivity contribution in [3.8, 4) is 11.8 Å². The lowest BCUT2D eigenvalue weighted by molar-refractivity contribution is 0.0588. The molecule has 0 aromatic heterocycles. The molecule has 0 aliphatic heterocycles. The van der Waals surface area contributed by atoms with Crippen molar-refractivity contribution in [2.24, 2.45) is 5.92 Å². The van der Waals surface area contributed by atoms with Gasteiger partial charge in [-0.05, 0) is 26.2 Å². The van der Waals surface area contributed by atoms with Gasteiger partial charge in [-0.2, -0.15) is 0 Å². The predicted molar refractivity (Wildman–Crippen MR) is 71.2 cm³/mol. The average molecular weight is 224 g/mol. The third-order valence-electron chi connectivity index (χ3n) is 3.33. The van der Waals surface area contributed by atoms with Gasteiger partial charge in [-0.25, -0.2) is 0 Å². The van der Waals surface area contributed by atoms with Crippen LogP contribution >= 0.6 is 0 Å². The molecule has 0 saturated carbocycles. The summed E-state index contributed by atoms with van der Waals surface area (Å²) in [5.41, 5.74) is -0.807. The van der Waals surface area contributed by atoms with Crippen LogP contribution in [0.25, 0.3) is 0 Å². The summed E-state index contributed by atoms with van der Waals surface area (Å²) in [4.78, 5) is 0. The largest absolute Gasteiger partial charge is 0.378 e. The fourth-order valence-electron chi connectivity index (χ4n) is 1.89. The predicted octanol–water partition coefficient (Wildman–Crippen LogP) is 4.15. The molecule has 1 N–H and O–H groups in total. The molecule has 0 aromatic carbocycles. The molecule has 2 atom stereocenters. The highest BCUT2D eigenvalue weighted by Crippen LogP contribution is 2.22. The van der Waals surface area contributed by atoms with Gasteiger partial charge in [0.25, 0.3) is 0 Å². The molecule has 0 aliphatic carbocycles. The van der Waals surface area contributed by atoms with Crippen molar-refractivity contribution in [2.75, 3.05) is 0 Å². The van der Waals surface area contributed by atoms with Crippen molar-refractivity contribution in [3.63, 3.8) is 0 Å². The maximum absolute atomic E-state index is 10.1. The Kier molecular flexibility index (Phi) is 8.39. The number of hydrogen-bond acceptors (Lipinski definition) is 1. The van der Waals surface area contributed by atoms with E-state index < -0.39 is 5.60 Å². The van der Waals surface area contributed by atoms with Gasteiger partial charge in [-0.1, -0.05) is 58.3 Å². The molecule has 0 rings (SSSR count). The zero-order chi connectivity index (χ0) is 12.4. The first-order valence-corrected chi connectivity index (χ1v) is 6.70. The summed E-state index contributed by atoms with van der Waals surface area (Å²) in [6, 6.07) is 0. The molecular weight excluding hydrogens is 196 g/mol. The second-order valence-electron chi connectivity index (χ2n) is 4.98. The average Bonchev–Trinajstić information content (AvgIpc) is 2.22. The van der Waals surface area contributed by atoms with E-state index in [1.54, 1.807) is 6.92 Å². The van der Waals surface area contributed by atoms with Crippen LogP contribution in [0.5, 0.6) is 0 Å². The van der Waals surface area contributed by atoms with Crippen LogP contribution in [0, 0.1) is 17.8 Å². The molecule has 0 fully saturated rings. The van der Waals surface area contributed by atoms with E-state index in [1.165, 1.54) is 38.5 Å². The first-order valence-electron chi connectivity index (χ1n) is 6.70. The minimum absolute atomic E-state index is 0.270. The maximum atomic E-state index is 10.1. The van der Waals surface area contributed by atoms with Gasteiger partial charge in [0.15, 0.2) is 0 Å². The maximum Gasteiger partial charge on any atom is 0.125 e. The zero-order valence-corrected chi connectivity index (χ0v) is 11.5. The monoisotopic (exact) mass is 224 g/mol. The molecule has 0 radical (unpaired) electrons. The van der Waals surface area contributed by atoms with Crippen LogP contribution in [0.3, 0.4) is 0 Å². The van der Waals surface area contributed by atoms with E-state index in [4.69, 9.17) is 0 Å². The van der Waals surface area contributed by atoms with Gasteiger partial charge in [0, 0.05) is 0 Å². The highest BCUT2D eigenvalue weighted by atomic mass is 16.3. The minimum atomic E-state index is -0.807. The molecule has 0 saturated heterocycles. The molecular formula is C15H28O. The molecule has 0 aromatic rings. The van der Waals surface area contributed by atoms with Gasteiger partial charge in [0.05, 0.1) is 0 Å². The second kappa shape index (κ2) is 8.65. The van der Waals surface area contributed by atoms with Gasteiger partial charge in [0.1, 0.15) is 5.60 Å². The van der Waals surface area contributed by atoms with Crippen LogP contribution in [0.4, 0.5) is 0 Å². The number of rotatable bonds is 8. The Bertz CT molecular complexity index is 219. The van der Waals surface area contributed by atoms with Crippen LogP contribution in [-0.4, -0.2) is 10.7 Å². The van der Waals surface area contributed by atoms with Gasteiger partial charge in [-0.15, -0.1) is 5.92 Å². The first kappa shape index (κ1) is 15.5. The van der Waals surface area contributed by atoms with Crippen molar-refractivity contribution in [1.82, 2.24) is 0 Å². The van der Waals surface area contributed by atoms with Crippen LogP contribution in [-0.2, 0) is 0 Å². The number of hydrogen-bond donors (Lipinski definition) is 1. The van der Waals surface area contributed by atoms with Crippen molar-refractivity contribution in [2.45, 2.75) is 78.2 Å². The molecule has 0 amide bonds. The van der Waals surface area contributed by atoms with Gasteiger partial charge >= 0.3 is 0 Å². The van der Waals surface area contributed by atoms with E-state index in [0.29, 0.717) is 0 Å². The Labute approximate surface area is 102 Å². The fraction of sp³-hybridized carbons (Fsp3) is 0.867. The lowest BCUT2D eigenvalue weighted by Crippen LogP contribution is -2.30. The smallest absolute Gasteiger partial charge is 0.125 e. The summed E-state index contributed by atoms with van der Waals surface area (Å²) < 4.78 is 0. The van der Waals surface area contributed by atoms with Crippen molar-refractivity contribution in [1.29, 1.82) is 0 Å². The highest BCUT2D eigenvalue weighted by Gasteiger charge is 2.24. The summed E-state index contributed by atoms with van der Waals surface area (Å²) in [6.45, 7) is 7.94. The fourth-order valence-corrected chi connectivity index (χ4v) is 1.89. The van der Waals surface area contributed by atoms with Crippen LogP contribution in [0.15, 0.2) is 0 Å². The van der Waals surface area contributed by atoms with E-state index in [-0.39, 0.29) is 5.92 Å². The Morgan fingerprint density at radius 2 is 1.69 bits per heavy atom. The summed E-state index contributed by atoms with van der Waals surface area (Å²) >= 11 is 0. The lowest BCUT2D eigenvalue weighted by Gasteiger charge is -2.24. The molecule has 1 heteroatoms. The third-order valence-corrected chi connectivity index (χ3v) is 3.33. The van der Waals surface area contributed by atoms with E-state index in [1.807, 2.05) is 6.92 Å². The summed E-state index contributed by atoms with van der Waals surface area (Å²) in [7, 11) is 0. The topological polar surface area (TPSA) is 20.2 Å². The van der Waals surface area contributed by atoms with Crippen molar-refractivity contribution < 1.29 is 5.11 Å². The normalized spacial score (nSPS) is 16.1. The lowest BCUT2D eigenvalue weighted by atomic mass is 9.87. The molecule has 0 spiro atoms. The summed E-state index contributed by atoms with van der Waals surface area (Å²) in [5.74, 6) is 5.97. The number of aliphatic hydroxyl groups is 1. The third kappa shape index (κ3) is 6.90. The van der Waals surface area contributed by atoms with E-state index in [9.17, 15) is 5.11 Å². The Morgan fingerprint density at radius 3 is 2.25 bits per heavy atom. The van der Waals surface area contributed by atoms with Crippen LogP contribution < -0.4 is 0 Å². The van der Waals surface area contributed by atoms with E-state index >= 15 is 0 Å². The molecule has 0 aliphatic rings. The van der Waals surface area contributed by atoms with Gasteiger partial charge in [-0.3, -0.25) is 0 Å². The molecule has 0 bridgehead atoms. The van der Waals surface area contributed by atoms with Crippen molar-refractivity contribution in [3.05, 3.63) is 0 Å². The second-order valence-corrected chi connectivity index (χ2v) is 4.98. The van der Waals surface area contributed by atoms with E-state index in [2.05, 4.69) is 25.7 Å². The van der Waals surface area contributed by atoms with Gasteiger partial charge < -0.3 is 5.11 Å². The Morgan fingerprint density at radius 1 is 1.12 bits per heavy atom. The molecule has 0 heterocycles. The van der Waals surface area contributed by atoms with Crippen molar-refractivity contribution >= 4 is 0 Å². The summed E-state index contributed by atoms with van der Waals surface area (Å²) in [5, 5.41) is 10.1. The standard InChI is InChI=1S/C15H28O/c1-5-7-8-9-10-11-12-14(3)15(4,16)13-6-2/h14,16H,5,7-12H2,1-4H3. The SMILES string of the molecule is CC#CC(C)(O)C(C)CCCCCCCC. The van der Waals surface area contributed by atoms with Crippen LogP contribution in [0.1, 0.15) is 72.6 Å². The highest BCUT2D eigenvalue weighted by molar-refractivity contribution is 5.11. The molecule has 94 valence electrons. The summed E-state index contributed by atoms with van der Waals surface area (Å²) in [6.07, 6.45) is 8.93. The first-order chi connectivity index (χ1) is 7.54. The minimum Gasteiger partial charge on any atom is -0.378 e. The Hall–Kier alpha value is -0.480. The molecule has 1 nitrogen and oxygen atoms in total. The zero-order valence-electron chi connectivity index (χ0n) is 11.5. The van der Waals surface area contributed by atoms with E-state index in [0.717, 1.165) is 6.42 Å².